The van der Waals surface area contributed by atoms with E-state index in [2.05, 4.69) is 46.3 Å². The summed E-state index contributed by atoms with van der Waals surface area (Å²) in [4.78, 5) is 9.82. The van der Waals surface area contributed by atoms with Gasteiger partial charge in [0.05, 0.1) is 6.61 Å². The molecule has 0 saturated carbocycles. The fourth-order valence-corrected chi connectivity index (χ4v) is 1.36. The zero-order valence-corrected chi connectivity index (χ0v) is 14.0. The number of rotatable bonds is 5. The van der Waals surface area contributed by atoms with Crippen LogP contribution >= 0.6 is 0 Å². The quantitative estimate of drug-likeness (QED) is 0.614. The molecule has 0 bridgehead atoms. The number of carbonyl (C=O) groups excluding carboxylic acids is 1. The fraction of sp³-hybridized carbons (Fsp3) is 0.938. The molecular weight excluding hydrogens is 224 g/mol. The van der Waals surface area contributed by atoms with Crippen LogP contribution in [0, 0.1) is 11.8 Å². The molecule has 0 unspecified atom stereocenters. The first-order valence-electron chi connectivity index (χ1n) is 7.44. The van der Waals surface area contributed by atoms with Crippen molar-refractivity contribution in [1.29, 1.82) is 0 Å². The highest BCUT2D eigenvalue weighted by molar-refractivity contribution is 5.65. The molecular formula is C16H36O2. The molecule has 0 aliphatic carbocycles. The summed E-state index contributed by atoms with van der Waals surface area (Å²) in [5.74, 6) is 1.59. The number of ether oxygens (including phenoxy) is 1. The van der Waals surface area contributed by atoms with Gasteiger partial charge in [-0.15, -0.1) is 0 Å². The molecule has 2 heteroatoms. The van der Waals surface area contributed by atoms with Crippen molar-refractivity contribution < 1.29 is 9.53 Å². The predicted octanol–water partition coefficient (Wildman–Crippen LogP) is 5.45. The van der Waals surface area contributed by atoms with Crippen molar-refractivity contribution in [3.8, 4) is 0 Å². The Balaban J connectivity index is -0.000000187. The van der Waals surface area contributed by atoms with E-state index in [0.717, 1.165) is 11.8 Å². The first-order valence-corrected chi connectivity index (χ1v) is 7.44. The van der Waals surface area contributed by atoms with Gasteiger partial charge in [-0.2, -0.15) is 0 Å². The van der Waals surface area contributed by atoms with Crippen LogP contribution in [0.25, 0.3) is 0 Å². The lowest BCUT2D eigenvalue weighted by molar-refractivity contribution is -0.140. The van der Waals surface area contributed by atoms with Crippen molar-refractivity contribution in [3.63, 3.8) is 0 Å². The van der Waals surface area contributed by atoms with Gasteiger partial charge in [0.1, 0.15) is 0 Å². The summed E-state index contributed by atoms with van der Waals surface area (Å²) in [5, 5.41) is 0. The second kappa shape index (κ2) is 18.8. The van der Waals surface area contributed by atoms with Gasteiger partial charge in [0, 0.05) is 6.92 Å². The third-order valence-electron chi connectivity index (χ3n) is 2.08. The van der Waals surface area contributed by atoms with E-state index in [-0.39, 0.29) is 5.97 Å². The highest BCUT2D eigenvalue weighted by Gasteiger charge is 1.86. The third kappa shape index (κ3) is 45.2. The van der Waals surface area contributed by atoms with Crippen molar-refractivity contribution in [2.45, 2.75) is 81.1 Å². The molecule has 18 heavy (non-hydrogen) atoms. The Labute approximate surface area is 116 Å². The summed E-state index contributed by atoms with van der Waals surface area (Å²) in [6, 6.07) is 0. The van der Waals surface area contributed by atoms with Gasteiger partial charge < -0.3 is 4.74 Å². The van der Waals surface area contributed by atoms with Gasteiger partial charge in [-0.25, -0.2) is 0 Å². The second-order valence-corrected chi connectivity index (χ2v) is 5.29. The largest absolute Gasteiger partial charge is 0.466 e. The number of carbonyl (C=O) groups is 1. The molecule has 0 aromatic carbocycles. The maximum atomic E-state index is 9.82. The van der Waals surface area contributed by atoms with E-state index in [1.54, 1.807) is 6.92 Å². The molecule has 0 aliphatic rings. The first kappa shape index (κ1) is 22.6. The topological polar surface area (TPSA) is 26.3 Å². The van der Waals surface area contributed by atoms with Crippen LogP contribution in [-0.4, -0.2) is 12.6 Å². The molecule has 0 saturated heterocycles. The fourth-order valence-electron chi connectivity index (χ4n) is 1.36. The molecule has 2 nitrogen and oxygen atoms in total. The van der Waals surface area contributed by atoms with Crippen molar-refractivity contribution in [3.05, 3.63) is 0 Å². The molecule has 0 amide bonds. The van der Waals surface area contributed by atoms with Gasteiger partial charge >= 0.3 is 5.97 Å². The van der Waals surface area contributed by atoms with Gasteiger partial charge in [-0.1, -0.05) is 67.2 Å². The third-order valence-corrected chi connectivity index (χ3v) is 2.08. The maximum Gasteiger partial charge on any atom is 0.302 e. The van der Waals surface area contributed by atoms with E-state index >= 15 is 0 Å². The number of esters is 1. The molecule has 0 atom stereocenters. The Morgan fingerprint density at radius 1 is 0.889 bits per heavy atom. The average Bonchev–Trinajstić information content (AvgIpc) is 2.18. The van der Waals surface area contributed by atoms with Crippen LogP contribution in [0.1, 0.15) is 81.1 Å². The minimum absolute atomic E-state index is 0.211. The van der Waals surface area contributed by atoms with Crippen LogP contribution in [0.4, 0.5) is 0 Å². The lowest BCUT2D eigenvalue weighted by atomic mass is 10.1. The molecule has 0 radical (unpaired) electrons. The Kier molecular flexibility index (Phi) is 23.7. The van der Waals surface area contributed by atoms with E-state index in [9.17, 15) is 4.79 Å². The SMILES string of the molecule is CCCC(C)C.CCCC(C)C.CCOC(C)=O. The molecule has 0 aromatic heterocycles. The summed E-state index contributed by atoms with van der Waals surface area (Å²) in [6.45, 7) is 17.1. The van der Waals surface area contributed by atoms with E-state index in [1.165, 1.54) is 32.6 Å². The molecule has 0 aliphatic heterocycles. The Morgan fingerprint density at radius 3 is 1.22 bits per heavy atom. The van der Waals surface area contributed by atoms with E-state index in [1.807, 2.05) is 0 Å². The van der Waals surface area contributed by atoms with Crippen molar-refractivity contribution in [1.82, 2.24) is 0 Å². The summed E-state index contributed by atoms with van der Waals surface area (Å²) < 4.78 is 4.40. The normalized spacial score (nSPS) is 9.22. The van der Waals surface area contributed by atoms with Crippen molar-refractivity contribution in [2.24, 2.45) is 11.8 Å². The predicted molar refractivity (Wildman–Crippen MR) is 81.8 cm³/mol. The molecule has 0 rings (SSSR count). The molecule has 0 fully saturated rings. The summed E-state index contributed by atoms with van der Waals surface area (Å²) >= 11 is 0. The van der Waals surface area contributed by atoms with Crippen LogP contribution in [-0.2, 0) is 9.53 Å². The van der Waals surface area contributed by atoms with E-state index < -0.39 is 0 Å². The Bertz CT molecular complexity index is 141. The summed E-state index contributed by atoms with van der Waals surface area (Å²) in [5.41, 5.74) is 0. The summed E-state index contributed by atoms with van der Waals surface area (Å²) in [6.07, 6.45) is 5.41. The molecule has 0 aromatic rings. The molecule has 0 heterocycles. The lowest BCUT2D eigenvalue weighted by Gasteiger charge is -1.95. The summed E-state index contributed by atoms with van der Waals surface area (Å²) in [7, 11) is 0. The Morgan fingerprint density at radius 2 is 1.22 bits per heavy atom. The first-order chi connectivity index (χ1) is 8.31. The standard InChI is InChI=1S/2C6H14.C4H8O2/c2*1-4-5-6(2)3;1-3-6-4(2)5/h2*6H,4-5H2,1-3H3;3H2,1-2H3. The second-order valence-electron chi connectivity index (χ2n) is 5.29. The lowest BCUT2D eigenvalue weighted by Crippen LogP contribution is -1.95. The Hall–Kier alpha value is -0.530. The van der Waals surface area contributed by atoms with Crippen LogP contribution in [0.5, 0.6) is 0 Å². The van der Waals surface area contributed by atoms with Crippen LogP contribution in [0.3, 0.4) is 0 Å². The highest BCUT2D eigenvalue weighted by atomic mass is 16.5. The van der Waals surface area contributed by atoms with Gasteiger partial charge in [-0.05, 0) is 18.8 Å². The zero-order valence-electron chi connectivity index (χ0n) is 14.0. The minimum atomic E-state index is -0.211. The van der Waals surface area contributed by atoms with E-state index in [4.69, 9.17) is 0 Å². The average molecular weight is 260 g/mol. The molecule has 112 valence electrons. The zero-order chi connectivity index (χ0) is 15.0. The number of hydrogen-bond acceptors (Lipinski definition) is 2. The van der Waals surface area contributed by atoms with Crippen LogP contribution < -0.4 is 0 Å². The smallest absolute Gasteiger partial charge is 0.302 e. The number of hydrogen-bond donors (Lipinski definition) is 0. The molecule has 0 spiro atoms. The van der Waals surface area contributed by atoms with Gasteiger partial charge in [0.15, 0.2) is 0 Å². The van der Waals surface area contributed by atoms with E-state index in [0.29, 0.717) is 6.61 Å². The highest BCUT2D eigenvalue weighted by Crippen LogP contribution is 2.00. The van der Waals surface area contributed by atoms with Crippen molar-refractivity contribution >= 4 is 5.97 Å². The van der Waals surface area contributed by atoms with Crippen LogP contribution in [0.2, 0.25) is 0 Å². The maximum absolute atomic E-state index is 9.82. The minimum Gasteiger partial charge on any atom is -0.466 e. The molecule has 0 N–H and O–H groups in total. The van der Waals surface area contributed by atoms with Crippen molar-refractivity contribution in [2.75, 3.05) is 6.61 Å². The monoisotopic (exact) mass is 260 g/mol. The van der Waals surface area contributed by atoms with Gasteiger partial charge in [0.25, 0.3) is 0 Å². The van der Waals surface area contributed by atoms with Crippen LogP contribution in [0.15, 0.2) is 0 Å². The van der Waals surface area contributed by atoms with Gasteiger partial charge in [0.2, 0.25) is 0 Å². The van der Waals surface area contributed by atoms with Gasteiger partial charge in [-0.3, -0.25) is 4.79 Å².